The van der Waals surface area contributed by atoms with E-state index < -0.39 is 28.0 Å². The minimum absolute atomic E-state index is 0.0646. The average Bonchev–Trinajstić information content (AvgIpc) is 3.02. The molecule has 1 atom stereocenters. The van der Waals surface area contributed by atoms with Crippen LogP contribution in [0.1, 0.15) is 47.8 Å². The second kappa shape index (κ2) is 9.29. The molecule has 1 heterocycles. The maximum absolute atomic E-state index is 13.3. The standard InChI is InChI=1S/C24H25N3O5S/c1-15(23(28)26-16-11-13-17(14-12-16)33(25,30)31)32-24(29)22-18-7-3-2-4-9-20(18)27-21-10-6-5-8-19(21)22/h5-6,8,10-15H,2-4,7,9H2,1H3,(H,26,28)(H2,25,30,31)/t15-/m1/s1. The minimum atomic E-state index is -3.83. The van der Waals surface area contributed by atoms with Gasteiger partial charge >= 0.3 is 5.97 Å². The van der Waals surface area contributed by atoms with Crippen molar-refractivity contribution in [3.8, 4) is 0 Å². The molecule has 172 valence electrons. The van der Waals surface area contributed by atoms with Crippen molar-refractivity contribution in [3.05, 3.63) is 65.4 Å². The molecular formula is C24H25N3O5S. The first-order valence-corrected chi connectivity index (χ1v) is 12.3. The zero-order chi connectivity index (χ0) is 23.6. The summed E-state index contributed by atoms with van der Waals surface area (Å²) in [6.45, 7) is 1.49. The number of anilines is 1. The van der Waals surface area contributed by atoms with Crippen molar-refractivity contribution in [2.45, 2.75) is 50.0 Å². The van der Waals surface area contributed by atoms with E-state index in [9.17, 15) is 18.0 Å². The fraction of sp³-hybridized carbons (Fsp3) is 0.292. The second-order valence-electron chi connectivity index (χ2n) is 8.10. The molecule has 1 amide bonds. The molecule has 1 aromatic heterocycles. The van der Waals surface area contributed by atoms with Gasteiger partial charge in [0.25, 0.3) is 5.91 Å². The summed E-state index contributed by atoms with van der Waals surface area (Å²) >= 11 is 0. The van der Waals surface area contributed by atoms with E-state index >= 15 is 0 Å². The van der Waals surface area contributed by atoms with Crippen molar-refractivity contribution < 1.29 is 22.7 Å². The Bertz CT molecular complexity index is 1320. The largest absolute Gasteiger partial charge is 0.449 e. The Kier molecular flexibility index (Phi) is 6.44. The first kappa shape index (κ1) is 22.9. The molecule has 9 heteroatoms. The van der Waals surface area contributed by atoms with Gasteiger partial charge in [-0.15, -0.1) is 0 Å². The highest BCUT2D eigenvalue weighted by molar-refractivity contribution is 7.89. The topological polar surface area (TPSA) is 128 Å². The number of rotatable bonds is 5. The van der Waals surface area contributed by atoms with Crippen LogP contribution in [0.3, 0.4) is 0 Å². The number of para-hydroxylation sites is 1. The van der Waals surface area contributed by atoms with E-state index in [0.717, 1.165) is 48.9 Å². The van der Waals surface area contributed by atoms with Gasteiger partial charge in [-0.1, -0.05) is 24.6 Å². The van der Waals surface area contributed by atoms with Crippen molar-refractivity contribution in [2.75, 3.05) is 5.32 Å². The molecule has 1 aliphatic carbocycles. The fourth-order valence-electron chi connectivity index (χ4n) is 4.03. The van der Waals surface area contributed by atoms with Gasteiger partial charge in [-0.05, 0) is 68.5 Å². The van der Waals surface area contributed by atoms with E-state index in [2.05, 4.69) is 5.32 Å². The van der Waals surface area contributed by atoms with Crippen LogP contribution in [0.15, 0.2) is 53.4 Å². The van der Waals surface area contributed by atoms with Gasteiger partial charge in [-0.2, -0.15) is 0 Å². The van der Waals surface area contributed by atoms with Gasteiger partial charge in [0.05, 0.1) is 16.0 Å². The van der Waals surface area contributed by atoms with Crippen molar-refractivity contribution >= 4 is 38.5 Å². The molecule has 1 aliphatic rings. The lowest BCUT2D eigenvalue weighted by molar-refractivity contribution is -0.123. The van der Waals surface area contributed by atoms with Gasteiger partial charge in [-0.3, -0.25) is 9.78 Å². The first-order chi connectivity index (χ1) is 15.7. The van der Waals surface area contributed by atoms with E-state index in [1.807, 2.05) is 24.3 Å². The summed E-state index contributed by atoms with van der Waals surface area (Å²) < 4.78 is 28.3. The average molecular weight is 468 g/mol. The Morgan fingerprint density at radius 3 is 2.45 bits per heavy atom. The molecule has 33 heavy (non-hydrogen) atoms. The van der Waals surface area contributed by atoms with Crippen LogP contribution in [-0.2, 0) is 32.4 Å². The smallest absolute Gasteiger partial charge is 0.339 e. The highest BCUT2D eigenvalue weighted by Crippen LogP contribution is 2.29. The lowest BCUT2D eigenvalue weighted by Gasteiger charge is -2.18. The molecule has 3 aromatic rings. The van der Waals surface area contributed by atoms with Gasteiger partial charge in [-0.25, -0.2) is 18.4 Å². The van der Waals surface area contributed by atoms with Crippen LogP contribution in [-0.4, -0.2) is 31.4 Å². The van der Waals surface area contributed by atoms with E-state index in [1.54, 1.807) is 0 Å². The number of sulfonamides is 1. The van der Waals surface area contributed by atoms with Crippen LogP contribution in [0, 0.1) is 0 Å². The van der Waals surface area contributed by atoms with Gasteiger partial charge in [0.1, 0.15) is 0 Å². The summed E-state index contributed by atoms with van der Waals surface area (Å²) in [6.07, 6.45) is 3.56. The molecule has 3 N–H and O–H groups in total. The van der Waals surface area contributed by atoms with E-state index in [4.69, 9.17) is 14.9 Å². The second-order valence-corrected chi connectivity index (χ2v) is 9.66. The van der Waals surface area contributed by atoms with Crippen molar-refractivity contribution in [3.63, 3.8) is 0 Å². The number of nitrogens with two attached hydrogens (primary N) is 1. The number of esters is 1. The van der Waals surface area contributed by atoms with Gasteiger partial charge in [0.2, 0.25) is 10.0 Å². The zero-order valence-corrected chi connectivity index (χ0v) is 19.0. The summed E-state index contributed by atoms with van der Waals surface area (Å²) in [5.41, 5.74) is 3.40. The molecule has 0 saturated heterocycles. The number of hydrogen-bond acceptors (Lipinski definition) is 6. The lowest BCUT2D eigenvalue weighted by Crippen LogP contribution is -2.30. The molecule has 0 spiro atoms. The van der Waals surface area contributed by atoms with Crippen LogP contribution in [0.25, 0.3) is 10.9 Å². The summed E-state index contributed by atoms with van der Waals surface area (Å²) in [6, 6.07) is 12.9. The highest BCUT2D eigenvalue weighted by atomic mass is 32.2. The third-order valence-electron chi connectivity index (χ3n) is 5.73. The quantitative estimate of drug-likeness (QED) is 0.437. The first-order valence-electron chi connectivity index (χ1n) is 10.8. The molecule has 0 unspecified atom stereocenters. The third-order valence-corrected chi connectivity index (χ3v) is 6.66. The molecule has 4 rings (SSSR count). The van der Waals surface area contributed by atoms with Crippen LogP contribution in [0.4, 0.5) is 5.69 Å². The van der Waals surface area contributed by atoms with Gasteiger partial charge < -0.3 is 10.1 Å². The summed E-state index contributed by atoms with van der Waals surface area (Å²) in [7, 11) is -3.83. The number of aromatic nitrogens is 1. The van der Waals surface area contributed by atoms with E-state index in [1.165, 1.54) is 31.2 Å². The Morgan fingerprint density at radius 2 is 1.73 bits per heavy atom. The monoisotopic (exact) mass is 467 g/mol. The molecule has 8 nitrogen and oxygen atoms in total. The number of fused-ring (bicyclic) bond motifs is 2. The number of ether oxygens (including phenoxy) is 1. The van der Waals surface area contributed by atoms with Crippen LogP contribution < -0.4 is 10.5 Å². The molecule has 0 fully saturated rings. The van der Waals surface area contributed by atoms with E-state index in [-0.39, 0.29) is 4.90 Å². The van der Waals surface area contributed by atoms with Crippen LogP contribution in [0.2, 0.25) is 0 Å². The number of carbonyl (C=O) groups excluding carboxylic acids is 2. The molecule has 0 aliphatic heterocycles. The summed E-state index contributed by atoms with van der Waals surface area (Å²) in [5, 5.41) is 8.43. The van der Waals surface area contributed by atoms with Gasteiger partial charge in [0.15, 0.2) is 6.10 Å². The molecular weight excluding hydrogens is 442 g/mol. The fourth-order valence-corrected chi connectivity index (χ4v) is 4.54. The number of aryl methyl sites for hydroxylation is 1. The number of amides is 1. The number of nitrogens with one attached hydrogen (secondary N) is 1. The Morgan fingerprint density at radius 1 is 1.03 bits per heavy atom. The Hall–Kier alpha value is -3.30. The predicted octanol–water partition coefficient (Wildman–Crippen LogP) is 3.34. The number of pyridine rings is 1. The molecule has 0 saturated carbocycles. The maximum atomic E-state index is 13.3. The molecule has 0 bridgehead atoms. The third kappa shape index (κ3) is 5.04. The Balaban J connectivity index is 1.55. The number of nitrogens with zero attached hydrogens (tertiary/aromatic N) is 1. The van der Waals surface area contributed by atoms with E-state index in [0.29, 0.717) is 16.6 Å². The zero-order valence-electron chi connectivity index (χ0n) is 18.2. The number of hydrogen-bond donors (Lipinski definition) is 2. The lowest BCUT2D eigenvalue weighted by atomic mass is 9.97. The number of benzene rings is 2. The minimum Gasteiger partial charge on any atom is -0.449 e. The maximum Gasteiger partial charge on any atom is 0.339 e. The predicted molar refractivity (Wildman–Crippen MR) is 124 cm³/mol. The molecule has 0 radical (unpaired) electrons. The number of carbonyl (C=O) groups is 2. The van der Waals surface area contributed by atoms with Gasteiger partial charge in [0, 0.05) is 16.8 Å². The summed E-state index contributed by atoms with van der Waals surface area (Å²) in [5.74, 6) is -1.09. The van der Waals surface area contributed by atoms with Crippen molar-refractivity contribution in [2.24, 2.45) is 5.14 Å². The Labute approximate surface area is 192 Å². The SMILES string of the molecule is C[C@@H](OC(=O)c1c2c(nc3ccccc13)CCCCC2)C(=O)Nc1ccc(S(N)(=O)=O)cc1. The van der Waals surface area contributed by atoms with Crippen molar-refractivity contribution in [1.29, 1.82) is 0 Å². The van der Waals surface area contributed by atoms with Crippen LogP contribution in [0.5, 0.6) is 0 Å². The normalized spacial score (nSPS) is 14.7. The van der Waals surface area contributed by atoms with Crippen molar-refractivity contribution in [1.82, 2.24) is 4.98 Å². The molecule has 2 aromatic carbocycles. The summed E-state index contributed by atoms with van der Waals surface area (Å²) in [4.78, 5) is 30.6. The number of primary sulfonamides is 1. The highest BCUT2D eigenvalue weighted by Gasteiger charge is 2.26. The van der Waals surface area contributed by atoms with Crippen LogP contribution >= 0.6 is 0 Å².